The van der Waals surface area contributed by atoms with Crippen molar-refractivity contribution in [2.45, 2.75) is 52.4 Å². The molecule has 72 heavy (non-hydrogen) atoms. The van der Waals surface area contributed by atoms with Crippen molar-refractivity contribution < 1.29 is 8.83 Å². The maximum absolute atomic E-state index is 7.35. The first-order valence-corrected chi connectivity index (χ1v) is 25.2. The number of benzene rings is 9. The normalized spacial score (nSPS) is 13.3. The van der Waals surface area contributed by atoms with E-state index >= 15 is 0 Å². The van der Waals surface area contributed by atoms with Gasteiger partial charge in [-0.25, -0.2) is 0 Å². The van der Waals surface area contributed by atoms with E-state index in [0.717, 1.165) is 95.4 Å². The van der Waals surface area contributed by atoms with Crippen molar-refractivity contribution in [3.05, 3.63) is 217 Å². The SMILES string of the molecule is CC(C)(C)c1ccc2c(c1)B1c3cc(C(C)(C)C)ccc3N(c3oc4ccccc4c3-c3ccccc3)c3cc(-n4c5ccccc5c5ccccc54)cc(c31)N2c1oc2ccccc2c1-c1ccccc1. The van der Waals surface area contributed by atoms with Crippen LogP contribution in [-0.2, 0) is 10.8 Å². The predicted octanol–water partition coefficient (Wildman–Crippen LogP) is 16.3. The molecule has 346 valence electrons. The van der Waals surface area contributed by atoms with Gasteiger partial charge in [0.25, 0.3) is 6.71 Å². The summed E-state index contributed by atoms with van der Waals surface area (Å²) in [5, 5.41) is 4.55. The second-order valence-electron chi connectivity index (χ2n) is 21.7. The molecule has 2 aliphatic rings. The van der Waals surface area contributed by atoms with Gasteiger partial charge >= 0.3 is 0 Å². The predicted molar refractivity (Wildman–Crippen MR) is 303 cm³/mol. The molecule has 2 aliphatic heterocycles. The van der Waals surface area contributed by atoms with Gasteiger partial charge in [-0.3, -0.25) is 9.80 Å². The Kier molecular flexibility index (Phi) is 9.14. The molecular formula is C66H52BN3O2. The highest BCUT2D eigenvalue weighted by molar-refractivity contribution is 7.00. The van der Waals surface area contributed by atoms with Crippen LogP contribution in [0, 0.1) is 0 Å². The Morgan fingerprint density at radius 3 is 1.19 bits per heavy atom. The molecule has 0 fully saturated rings. The Morgan fingerprint density at radius 1 is 0.375 bits per heavy atom. The van der Waals surface area contributed by atoms with Gasteiger partial charge in [-0.15, -0.1) is 0 Å². The first-order chi connectivity index (χ1) is 35.0. The van der Waals surface area contributed by atoms with Crippen molar-refractivity contribution in [3.8, 4) is 27.9 Å². The van der Waals surface area contributed by atoms with Crippen LogP contribution in [0.2, 0.25) is 0 Å². The highest BCUT2D eigenvalue weighted by atomic mass is 16.4. The van der Waals surface area contributed by atoms with E-state index in [1.165, 1.54) is 38.3 Å². The minimum absolute atomic E-state index is 0.117. The lowest BCUT2D eigenvalue weighted by Crippen LogP contribution is -2.61. The summed E-state index contributed by atoms with van der Waals surface area (Å²) in [6.45, 7) is 13.8. The molecule has 0 N–H and O–H groups in total. The van der Waals surface area contributed by atoms with Crippen molar-refractivity contribution in [1.82, 2.24) is 4.57 Å². The summed E-state index contributed by atoms with van der Waals surface area (Å²) >= 11 is 0. The van der Waals surface area contributed by atoms with Crippen molar-refractivity contribution in [3.63, 3.8) is 0 Å². The Bertz CT molecular complexity index is 3890. The molecule has 0 amide bonds. The summed E-state index contributed by atoms with van der Waals surface area (Å²) in [4.78, 5) is 4.90. The van der Waals surface area contributed by atoms with Crippen molar-refractivity contribution in [1.29, 1.82) is 0 Å². The molecule has 0 aliphatic carbocycles. The van der Waals surface area contributed by atoms with E-state index in [-0.39, 0.29) is 17.5 Å². The van der Waals surface area contributed by atoms with E-state index in [0.29, 0.717) is 0 Å². The van der Waals surface area contributed by atoms with Crippen LogP contribution >= 0.6 is 0 Å². The summed E-state index contributed by atoms with van der Waals surface area (Å²) in [7, 11) is 0. The van der Waals surface area contributed by atoms with E-state index in [9.17, 15) is 0 Å². The van der Waals surface area contributed by atoms with E-state index in [1.54, 1.807) is 0 Å². The fourth-order valence-corrected chi connectivity index (χ4v) is 11.8. The van der Waals surface area contributed by atoms with E-state index in [2.05, 4.69) is 262 Å². The van der Waals surface area contributed by atoms with Crippen molar-refractivity contribution >= 4 is 101 Å². The number of hydrogen-bond acceptors (Lipinski definition) is 4. The van der Waals surface area contributed by atoms with Crippen LogP contribution in [0.25, 0.3) is 71.7 Å². The quantitative estimate of drug-likeness (QED) is 0.161. The zero-order valence-electron chi connectivity index (χ0n) is 41.4. The van der Waals surface area contributed by atoms with Gasteiger partial charge in [0.2, 0.25) is 11.8 Å². The number of para-hydroxylation sites is 4. The van der Waals surface area contributed by atoms with Gasteiger partial charge in [0, 0.05) is 44.3 Å². The molecule has 5 nitrogen and oxygen atoms in total. The monoisotopic (exact) mass is 929 g/mol. The van der Waals surface area contributed by atoms with Gasteiger partial charge in [-0.05, 0) is 98.0 Å². The van der Waals surface area contributed by atoms with E-state index in [4.69, 9.17) is 8.83 Å². The van der Waals surface area contributed by atoms with Crippen LogP contribution in [0.4, 0.5) is 34.5 Å². The molecule has 9 aromatic carbocycles. The second kappa shape index (κ2) is 15.5. The fourth-order valence-electron chi connectivity index (χ4n) is 11.8. The molecule has 6 heteroatoms. The van der Waals surface area contributed by atoms with E-state index < -0.39 is 0 Å². The van der Waals surface area contributed by atoms with Gasteiger partial charge in [0.05, 0.1) is 27.8 Å². The van der Waals surface area contributed by atoms with E-state index in [1.807, 2.05) is 0 Å². The number of furan rings is 2. The van der Waals surface area contributed by atoms with Gasteiger partial charge in [-0.1, -0.05) is 199 Å². The summed E-state index contributed by atoms with van der Waals surface area (Å²) in [5.74, 6) is 1.56. The maximum Gasteiger partial charge on any atom is 0.252 e. The molecule has 0 saturated heterocycles. The highest BCUT2D eigenvalue weighted by Gasteiger charge is 2.47. The lowest BCUT2D eigenvalue weighted by atomic mass is 9.33. The number of anilines is 6. The minimum atomic E-state index is -0.154. The molecule has 0 bridgehead atoms. The Labute approximate surface area is 420 Å². The Morgan fingerprint density at radius 2 is 0.764 bits per heavy atom. The first kappa shape index (κ1) is 42.4. The smallest absolute Gasteiger partial charge is 0.252 e. The molecule has 0 atom stereocenters. The van der Waals surface area contributed by atoms with Crippen molar-refractivity contribution in [2.24, 2.45) is 0 Å². The average Bonchev–Trinajstić information content (AvgIpc) is 4.08. The third-order valence-corrected chi connectivity index (χ3v) is 15.3. The average molecular weight is 930 g/mol. The largest absolute Gasteiger partial charge is 0.439 e. The lowest BCUT2D eigenvalue weighted by molar-refractivity contribution is 0.590. The topological polar surface area (TPSA) is 37.7 Å². The van der Waals surface area contributed by atoms with Gasteiger partial charge in [0.1, 0.15) is 11.2 Å². The molecular weight excluding hydrogens is 878 g/mol. The number of hydrogen-bond donors (Lipinski definition) is 0. The number of rotatable bonds is 5. The third kappa shape index (κ3) is 6.27. The van der Waals surface area contributed by atoms with Crippen LogP contribution in [-0.4, -0.2) is 11.3 Å². The highest BCUT2D eigenvalue weighted by Crippen LogP contribution is 2.53. The zero-order chi connectivity index (χ0) is 48.6. The van der Waals surface area contributed by atoms with Crippen LogP contribution in [0.3, 0.4) is 0 Å². The van der Waals surface area contributed by atoms with Gasteiger partial charge < -0.3 is 13.4 Å². The van der Waals surface area contributed by atoms with Crippen LogP contribution < -0.4 is 26.2 Å². The third-order valence-electron chi connectivity index (χ3n) is 15.3. The Balaban J connectivity index is 1.19. The number of nitrogens with zero attached hydrogens (tertiary/aromatic N) is 3. The van der Waals surface area contributed by atoms with Crippen LogP contribution in [0.15, 0.2) is 215 Å². The molecule has 0 saturated carbocycles. The van der Waals surface area contributed by atoms with Crippen LogP contribution in [0.5, 0.6) is 0 Å². The molecule has 12 aromatic rings. The van der Waals surface area contributed by atoms with Gasteiger partial charge in [-0.2, -0.15) is 0 Å². The first-order valence-electron chi connectivity index (χ1n) is 25.2. The summed E-state index contributed by atoms with van der Waals surface area (Å²) in [5.41, 5.74) is 19.6. The molecule has 0 unspecified atom stereocenters. The summed E-state index contributed by atoms with van der Waals surface area (Å²) in [6, 6.07) is 75.3. The number of aromatic nitrogens is 1. The fraction of sp³-hybridized carbons (Fsp3) is 0.121. The molecule has 5 heterocycles. The molecule has 0 spiro atoms. The molecule has 0 radical (unpaired) electrons. The second-order valence-corrected chi connectivity index (χ2v) is 21.7. The standard InChI is InChI=1S/C66H52BN3O2/c1-65(2,3)43-33-35-54-50(37-43)67-51-38-44(66(4,5)6)34-36-55(51)70(64-61(42-23-11-8-12-24-42)49-28-16-20-32-59(49)72-64)57-40-45(68-52-29-17-13-25-46(52)47-26-14-18-30-53(47)68)39-56(62(57)67)69(54)63-60(41-21-9-7-10-22-41)48-27-15-19-31-58(48)71-63/h7-40H,1-6H3. The summed E-state index contributed by atoms with van der Waals surface area (Å²) < 4.78 is 17.2. The summed E-state index contributed by atoms with van der Waals surface area (Å²) in [6.07, 6.45) is 0. The van der Waals surface area contributed by atoms with Gasteiger partial charge in [0.15, 0.2) is 0 Å². The molecule has 14 rings (SSSR count). The van der Waals surface area contributed by atoms with Crippen molar-refractivity contribution in [2.75, 3.05) is 9.80 Å². The number of fused-ring (bicyclic) bond motifs is 9. The minimum Gasteiger partial charge on any atom is -0.439 e. The Hall–Kier alpha value is -8.48. The lowest BCUT2D eigenvalue weighted by Gasteiger charge is -2.44. The maximum atomic E-state index is 7.35. The van der Waals surface area contributed by atoms with Crippen LogP contribution in [0.1, 0.15) is 52.7 Å². The molecule has 3 aromatic heterocycles. The zero-order valence-corrected chi connectivity index (χ0v) is 41.4.